The SMILES string of the molecule is C=CC(=O)N1CCN(c2ncc(CC)s2)CC1. The molecule has 0 radical (unpaired) electrons. The molecule has 0 aromatic carbocycles. The van der Waals surface area contributed by atoms with Crippen molar-refractivity contribution in [2.24, 2.45) is 0 Å². The van der Waals surface area contributed by atoms with Gasteiger partial charge in [-0.15, -0.1) is 11.3 Å². The molecule has 0 aliphatic carbocycles. The molecule has 0 atom stereocenters. The van der Waals surface area contributed by atoms with Gasteiger partial charge in [-0.1, -0.05) is 13.5 Å². The highest BCUT2D eigenvalue weighted by Crippen LogP contribution is 2.23. The first kappa shape index (κ1) is 12.1. The van der Waals surface area contributed by atoms with Gasteiger partial charge in [-0.3, -0.25) is 4.79 Å². The molecule has 0 unspecified atom stereocenters. The summed E-state index contributed by atoms with van der Waals surface area (Å²) < 4.78 is 0. The Kier molecular flexibility index (Phi) is 3.78. The van der Waals surface area contributed by atoms with Crippen LogP contribution in [0.5, 0.6) is 0 Å². The molecule has 0 spiro atoms. The zero-order chi connectivity index (χ0) is 12.3. The largest absolute Gasteiger partial charge is 0.345 e. The van der Waals surface area contributed by atoms with Crippen molar-refractivity contribution in [1.82, 2.24) is 9.88 Å². The summed E-state index contributed by atoms with van der Waals surface area (Å²) >= 11 is 1.75. The highest BCUT2D eigenvalue weighted by molar-refractivity contribution is 7.15. The molecule has 1 fully saturated rings. The summed E-state index contributed by atoms with van der Waals surface area (Å²) in [6.45, 7) is 8.88. The lowest BCUT2D eigenvalue weighted by Gasteiger charge is -2.33. The molecule has 1 aromatic heterocycles. The van der Waals surface area contributed by atoms with Gasteiger partial charge in [0, 0.05) is 37.3 Å². The van der Waals surface area contributed by atoms with E-state index in [-0.39, 0.29) is 5.91 Å². The number of hydrogen-bond acceptors (Lipinski definition) is 4. The number of rotatable bonds is 3. The van der Waals surface area contributed by atoms with Crippen LogP contribution in [0.25, 0.3) is 0 Å². The van der Waals surface area contributed by atoms with Gasteiger partial charge in [0.2, 0.25) is 5.91 Å². The van der Waals surface area contributed by atoms with Crippen molar-refractivity contribution in [1.29, 1.82) is 0 Å². The van der Waals surface area contributed by atoms with Crippen molar-refractivity contribution in [3.8, 4) is 0 Å². The van der Waals surface area contributed by atoms with Crippen LogP contribution in [0, 0.1) is 0 Å². The third-order valence-electron chi connectivity index (χ3n) is 2.93. The van der Waals surface area contributed by atoms with Crippen molar-refractivity contribution < 1.29 is 4.79 Å². The fourth-order valence-electron chi connectivity index (χ4n) is 1.85. The molecule has 92 valence electrons. The summed E-state index contributed by atoms with van der Waals surface area (Å²) in [5, 5.41) is 1.08. The summed E-state index contributed by atoms with van der Waals surface area (Å²) in [5.41, 5.74) is 0. The first-order chi connectivity index (χ1) is 8.24. The molecule has 5 heteroatoms. The Balaban J connectivity index is 1.94. The van der Waals surface area contributed by atoms with E-state index in [9.17, 15) is 4.79 Å². The molecular formula is C12H17N3OS. The number of thiazole rings is 1. The van der Waals surface area contributed by atoms with Gasteiger partial charge < -0.3 is 9.80 Å². The number of carbonyl (C=O) groups is 1. The van der Waals surface area contributed by atoms with Crippen molar-refractivity contribution in [3.63, 3.8) is 0 Å². The molecule has 1 amide bonds. The van der Waals surface area contributed by atoms with Gasteiger partial charge in [0.25, 0.3) is 0 Å². The molecule has 0 saturated carbocycles. The van der Waals surface area contributed by atoms with E-state index >= 15 is 0 Å². The quantitative estimate of drug-likeness (QED) is 0.765. The normalized spacial score (nSPS) is 16.1. The summed E-state index contributed by atoms with van der Waals surface area (Å²) in [7, 11) is 0. The van der Waals surface area contributed by atoms with Gasteiger partial charge in [-0.05, 0) is 12.5 Å². The first-order valence-electron chi connectivity index (χ1n) is 5.85. The predicted octanol–water partition coefficient (Wildman–Crippen LogP) is 1.54. The van der Waals surface area contributed by atoms with Gasteiger partial charge in [0.05, 0.1) is 0 Å². The summed E-state index contributed by atoms with van der Waals surface area (Å²) in [6, 6.07) is 0. The molecule has 0 N–H and O–H groups in total. The molecule has 1 aliphatic heterocycles. The minimum Gasteiger partial charge on any atom is -0.345 e. The van der Waals surface area contributed by atoms with E-state index in [4.69, 9.17) is 0 Å². The predicted molar refractivity (Wildman–Crippen MR) is 70.5 cm³/mol. The zero-order valence-electron chi connectivity index (χ0n) is 10.1. The van der Waals surface area contributed by atoms with Crippen LogP contribution in [0.3, 0.4) is 0 Å². The molecule has 0 bridgehead atoms. The molecule has 17 heavy (non-hydrogen) atoms. The highest BCUT2D eigenvalue weighted by atomic mass is 32.1. The maximum Gasteiger partial charge on any atom is 0.246 e. The monoisotopic (exact) mass is 251 g/mol. The second-order valence-electron chi connectivity index (χ2n) is 3.98. The van der Waals surface area contributed by atoms with Crippen molar-refractivity contribution >= 4 is 22.4 Å². The van der Waals surface area contributed by atoms with E-state index in [0.717, 1.165) is 37.7 Å². The van der Waals surface area contributed by atoms with Crippen LogP contribution in [-0.4, -0.2) is 42.0 Å². The Labute approximate surface area is 106 Å². The number of piperazine rings is 1. The van der Waals surface area contributed by atoms with E-state index in [1.54, 1.807) is 11.3 Å². The summed E-state index contributed by atoms with van der Waals surface area (Å²) in [5.74, 6) is 0.0260. The van der Waals surface area contributed by atoms with Gasteiger partial charge in [-0.2, -0.15) is 0 Å². The second-order valence-corrected chi connectivity index (χ2v) is 5.07. The number of carbonyl (C=O) groups excluding carboxylic acids is 1. The van der Waals surface area contributed by atoms with Crippen LogP contribution >= 0.6 is 11.3 Å². The highest BCUT2D eigenvalue weighted by Gasteiger charge is 2.21. The van der Waals surface area contributed by atoms with E-state index in [0.29, 0.717) is 0 Å². The minimum atomic E-state index is 0.0260. The third kappa shape index (κ3) is 2.66. The Bertz CT molecular complexity index is 408. The van der Waals surface area contributed by atoms with Gasteiger partial charge in [0.15, 0.2) is 5.13 Å². The molecule has 2 rings (SSSR count). The lowest BCUT2D eigenvalue weighted by atomic mass is 10.3. The van der Waals surface area contributed by atoms with E-state index in [1.807, 2.05) is 11.1 Å². The Morgan fingerprint density at radius 3 is 2.76 bits per heavy atom. The number of anilines is 1. The van der Waals surface area contributed by atoms with Crippen LogP contribution in [0.15, 0.2) is 18.9 Å². The molecule has 2 heterocycles. The summed E-state index contributed by atoms with van der Waals surface area (Å²) in [6.07, 6.45) is 4.36. The van der Waals surface area contributed by atoms with Crippen LogP contribution < -0.4 is 4.90 Å². The number of hydrogen-bond donors (Lipinski definition) is 0. The molecule has 4 nitrogen and oxygen atoms in total. The summed E-state index contributed by atoms with van der Waals surface area (Å²) in [4.78, 5) is 21.2. The van der Waals surface area contributed by atoms with Crippen LogP contribution in [0.1, 0.15) is 11.8 Å². The molecule has 1 aromatic rings. The van der Waals surface area contributed by atoms with Crippen molar-refractivity contribution in [2.75, 3.05) is 31.1 Å². The van der Waals surface area contributed by atoms with Gasteiger partial charge in [-0.25, -0.2) is 4.98 Å². The number of amides is 1. The van der Waals surface area contributed by atoms with Crippen LogP contribution in [-0.2, 0) is 11.2 Å². The Hall–Kier alpha value is -1.36. The second kappa shape index (κ2) is 5.31. The fraction of sp³-hybridized carbons (Fsp3) is 0.500. The molecule has 1 aliphatic rings. The number of aromatic nitrogens is 1. The molecular weight excluding hydrogens is 234 g/mol. The van der Waals surface area contributed by atoms with E-state index < -0.39 is 0 Å². The molecule has 1 saturated heterocycles. The average Bonchev–Trinajstić information content (AvgIpc) is 2.87. The standard InChI is InChI=1S/C12H17N3OS/c1-3-10-9-13-12(17-10)15-7-5-14(6-8-15)11(16)4-2/h4,9H,2-3,5-8H2,1H3. The van der Waals surface area contributed by atoms with Gasteiger partial charge in [0.1, 0.15) is 0 Å². The van der Waals surface area contributed by atoms with Crippen molar-refractivity contribution in [3.05, 3.63) is 23.7 Å². The van der Waals surface area contributed by atoms with Gasteiger partial charge >= 0.3 is 0 Å². The van der Waals surface area contributed by atoms with E-state index in [1.165, 1.54) is 11.0 Å². The minimum absolute atomic E-state index is 0.0260. The average molecular weight is 251 g/mol. The fourth-order valence-corrected chi connectivity index (χ4v) is 2.76. The number of nitrogens with zero attached hydrogens (tertiary/aromatic N) is 3. The maximum absolute atomic E-state index is 11.4. The lowest BCUT2D eigenvalue weighted by Crippen LogP contribution is -2.48. The Morgan fingerprint density at radius 2 is 2.24 bits per heavy atom. The van der Waals surface area contributed by atoms with Crippen molar-refractivity contribution in [2.45, 2.75) is 13.3 Å². The lowest BCUT2D eigenvalue weighted by molar-refractivity contribution is -0.126. The maximum atomic E-state index is 11.4. The smallest absolute Gasteiger partial charge is 0.246 e. The first-order valence-corrected chi connectivity index (χ1v) is 6.67. The topological polar surface area (TPSA) is 36.4 Å². The Morgan fingerprint density at radius 1 is 1.53 bits per heavy atom. The van der Waals surface area contributed by atoms with E-state index in [2.05, 4.69) is 23.4 Å². The third-order valence-corrected chi connectivity index (χ3v) is 4.13. The number of aryl methyl sites for hydroxylation is 1. The zero-order valence-corrected chi connectivity index (χ0v) is 10.9. The van der Waals surface area contributed by atoms with Crippen LogP contribution in [0.2, 0.25) is 0 Å². The van der Waals surface area contributed by atoms with Crippen LogP contribution in [0.4, 0.5) is 5.13 Å².